The van der Waals surface area contributed by atoms with Crippen LogP contribution in [0.3, 0.4) is 0 Å². The van der Waals surface area contributed by atoms with E-state index in [2.05, 4.69) is 10.2 Å². The standard InChI is InChI=1S/C14H25N3O4/c1-10(8-16-5-3-2-4-6-16)15-14(21)17-9-11(18)7-12(17)13(19)20/h10-12,18H,2-9H2,1H3,(H,15,21)(H,19,20). The third-order valence-corrected chi connectivity index (χ3v) is 4.18. The van der Waals surface area contributed by atoms with Crippen LogP contribution in [0.1, 0.15) is 32.6 Å². The summed E-state index contributed by atoms with van der Waals surface area (Å²) in [6.45, 7) is 4.90. The number of aliphatic hydroxyl groups excluding tert-OH is 1. The number of nitrogens with zero attached hydrogens (tertiary/aromatic N) is 2. The van der Waals surface area contributed by atoms with Crippen LogP contribution in [0.4, 0.5) is 4.79 Å². The van der Waals surface area contributed by atoms with Crippen molar-refractivity contribution >= 4 is 12.0 Å². The monoisotopic (exact) mass is 299 g/mol. The molecule has 2 amide bonds. The maximum atomic E-state index is 12.2. The van der Waals surface area contributed by atoms with E-state index in [9.17, 15) is 14.7 Å². The summed E-state index contributed by atoms with van der Waals surface area (Å²) in [5, 5.41) is 21.5. The Morgan fingerprint density at radius 1 is 1.29 bits per heavy atom. The molecule has 3 atom stereocenters. The van der Waals surface area contributed by atoms with Crippen molar-refractivity contribution in [1.29, 1.82) is 0 Å². The van der Waals surface area contributed by atoms with Gasteiger partial charge in [0, 0.05) is 25.6 Å². The molecule has 120 valence electrons. The Morgan fingerprint density at radius 2 is 1.95 bits per heavy atom. The zero-order chi connectivity index (χ0) is 15.4. The molecular weight excluding hydrogens is 274 g/mol. The minimum Gasteiger partial charge on any atom is -0.480 e. The van der Waals surface area contributed by atoms with Gasteiger partial charge in [0.15, 0.2) is 0 Å². The Bertz CT molecular complexity index is 384. The van der Waals surface area contributed by atoms with Gasteiger partial charge in [0.05, 0.1) is 6.10 Å². The van der Waals surface area contributed by atoms with E-state index in [0.717, 1.165) is 19.6 Å². The second-order valence-corrected chi connectivity index (χ2v) is 6.11. The summed E-state index contributed by atoms with van der Waals surface area (Å²) < 4.78 is 0. The van der Waals surface area contributed by atoms with Crippen LogP contribution in [-0.2, 0) is 4.79 Å². The van der Waals surface area contributed by atoms with Crippen molar-refractivity contribution in [2.24, 2.45) is 0 Å². The van der Waals surface area contributed by atoms with Crippen LogP contribution >= 0.6 is 0 Å². The smallest absolute Gasteiger partial charge is 0.326 e. The number of hydrogen-bond donors (Lipinski definition) is 3. The van der Waals surface area contributed by atoms with Crippen molar-refractivity contribution in [2.45, 2.75) is 50.8 Å². The van der Waals surface area contributed by atoms with Crippen molar-refractivity contribution in [3.63, 3.8) is 0 Å². The summed E-state index contributed by atoms with van der Waals surface area (Å²) in [6.07, 6.45) is 3.00. The Balaban J connectivity index is 1.83. The number of carboxylic acids is 1. The summed E-state index contributed by atoms with van der Waals surface area (Å²) in [5.41, 5.74) is 0. The van der Waals surface area contributed by atoms with Gasteiger partial charge >= 0.3 is 12.0 Å². The third-order valence-electron chi connectivity index (χ3n) is 4.18. The number of hydrogen-bond acceptors (Lipinski definition) is 4. The zero-order valence-electron chi connectivity index (χ0n) is 12.5. The Labute approximate surface area is 124 Å². The van der Waals surface area contributed by atoms with Crippen molar-refractivity contribution in [1.82, 2.24) is 15.1 Å². The molecule has 2 heterocycles. The van der Waals surface area contributed by atoms with Crippen molar-refractivity contribution in [3.8, 4) is 0 Å². The molecule has 2 aliphatic rings. The van der Waals surface area contributed by atoms with Crippen LogP contribution in [-0.4, -0.2) is 76.4 Å². The number of β-amino-alcohol motifs (C(OH)–C–C–N with tert-alkyl or cyclic N) is 1. The van der Waals surface area contributed by atoms with E-state index < -0.39 is 24.1 Å². The Morgan fingerprint density at radius 3 is 2.57 bits per heavy atom. The van der Waals surface area contributed by atoms with Crippen molar-refractivity contribution in [3.05, 3.63) is 0 Å². The van der Waals surface area contributed by atoms with Crippen LogP contribution in [0.5, 0.6) is 0 Å². The lowest BCUT2D eigenvalue weighted by molar-refractivity contribution is -0.141. The molecule has 0 aromatic heterocycles. The summed E-state index contributed by atoms with van der Waals surface area (Å²) >= 11 is 0. The number of amides is 2. The molecule has 2 saturated heterocycles. The quantitative estimate of drug-likeness (QED) is 0.684. The molecule has 0 aliphatic carbocycles. The first-order valence-electron chi connectivity index (χ1n) is 7.67. The highest BCUT2D eigenvalue weighted by atomic mass is 16.4. The molecule has 0 radical (unpaired) electrons. The highest BCUT2D eigenvalue weighted by Gasteiger charge is 2.39. The van der Waals surface area contributed by atoms with Crippen molar-refractivity contribution < 1.29 is 19.8 Å². The molecule has 2 rings (SSSR count). The average molecular weight is 299 g/mol. The van der Waals surface area contributed by atoms with E-state index in [1.165, 1.54) is 24.2 Å². The van der Waals surface area contributed by atoms with E-state index in [4.69, 9.17) is 5.11 Å². The van der Waals surface area contributed by atoms with Gasteiger partial charge in [-0.25, -0.2) is 9.59 Å². The first-order chi connectivity index (χ1) is 9.97. The van der Waals surface area contributed by atoms with Gasteiger partial charge in [-0.2, -0.15) is 0 Å². The Hall–Kier alpha value is -1.34. The number of carbonyl (C=O) groups is 2. The fraction of sp³-hybridized carbons (Fsp3) is 0.857. The maximum Gasteiger partial charge on any atom is 0.326 e. The van der Waals surface area contributed by atoms with Gasteiger partial charge in [-0.05, 0) is 32.9 Å². The molecule has 7 heteroatoms. The first-order valence-corrected chi connectivity index (χ1v) is 7.67. The van der Waals surface area contributed by atoms with Gasteiger partial charge in [0.25, 0.3) is 0 Å². The number of carboxylic acid groups (broad SMARTS) is 1. The highest BCUT2D eigenvalue weighted by molar-refractivity contribution is 5.83. The fourth-order valence-electron chi connectivity index (χ4n) is 3.14. The van der Waals surface area contributed by atoms with Crippen molar-refractivity contribution in [2.75, 3.05) is 26.2 Å². The first kappa shape index (κ1) is 16.0. The number of rotatable bonds is 4. The normalized spacial score (nSPS) is 28.4. The van der Waals surface area contributed by atoms with Crippen LogP contribution in [0.15, 0.2) is 0 Å². The number of nitrogens with one attached hydrogen (secondary N) is 1. The molecule has 21 heavy (non-hydrogen) atoms. The minimum atomic E-state index is -1.06. The summed E-state index contributed by atoms with van der Waals surface area (Å²) in [4.78, 5) is 26.8. The predicted molar refractivity (Wildman–Crippen MR) is 77.0 cm³/mol. The molecule has 7 nitrogen and oxygen atoms in total. The largest absolute Gasteiger partial charge is 0.480 e. The van der Waals surface area contributed by atoms with E-state index in [1.54, 1.807) is 0 Å². The lowest BCUT2D eigenvalue weighted by atomic mass is 10.1. The second kappa shape index (κ2) is 7.09. The SMILES string of the molecule is CC(CN1CCCCC1)NC(=O)N1CC(O)CC1C(=O)O. The molecule has 0 saturated carbocycles. The van der Waals surface area contributed by atoms with E-state index in [1.807, 2.05) is 6.92 Å². The summed E-state index contributed by atoms with van der Waals surface area (Å²) in [6, 6.07) is -1.37. The van der Waals surface area contributed by atoms with E-state index >= 15 is 0 Å². The molecule has 2 fully saturated rings. The molecule has 0 aromatic carbocycles. The molecular formula is C14H25N3O4. The number of aliphatic hydroxyl groups is 1. The van der Waals surface area contributed by atoms with Gasteiger partial charge < -0.3 is 25.3 Å². The lowest BCUT2D eigenvalue weighted by Gasteiger charge is -2.30. The molecule has 3 N–H and O–H groups in total. The number of likely N-dealkylation sites (tertiary alicyclic amines) is 2. The fourth-order valence-corrected chi connectivity index (χ4v) is 3.14. The number of aliphatic carboxylic acids is 1. The lowest BCUT2D eigenvalue weighted by Crippen LogP contribution is -2.51. The topological polar surface area (TPSA) is 93.1 Å². The molecule has 3 unspecified atom stereocenters. The molecule has 2 aliphatic heterocycles. The summed E-state index contributed by atoms with van der Waals surface area (Å²) in [5.74, 6) is -1.06. The third kappa shape index (κ3) is 4.31. The van der Waals surface area contributed by atoms with Crippen LogP contribution in [0.25, 0.3) is 0 Å². The van der Waals surface area contributed by atoms with Crippen LogP contribution in [0, 0.1) is 0 Å². The van der Waals surface area contributed by atoms with Gasteiger partial charge in [0.1, 0.15) is 6.04 Å². The summed E-state index contributed by atoms with van der Waals surface area (Å²) in [7, 11) is 0. The minimum absolute atomic E-state index is 0.0391. The van der Waals surface area contributed by atoms with E-state index in [-0.39, 0.29) is 19.0 Å². The number of urea groups is 1. The van der Waals surface area contributed by atoms with Gasteiger partial charge in [-0.3, -0.25) is 0 Å². The predicted octanol–water partition coefficient (Wildman–Crippen LogP) is 0.0902. The van der Waals surface area contributed by atoms with Gasteiger partial charge in [0.2, 0.25) is 0 Å². The zero-order valence-corrected chi connectivity index (χ0v) is 12.5. The molecule has 0 bridgehead atoms. The van der Waals surface area contributed by atoms with Crippen LogP contribution < -0.4 is 5.32 Å². The second-order valence-electron chi connectivity index (χ2n) is 6.11. The van der Waals surface area contributed by atoms with Gasteiger partial charge in [-0.1, -0.05) is 6.42 Å². The van der Waals surface area contributed by atoms with Crippen LogP contribution in [0.2, 0.25) is 0 Å². The number of piperidine rings is 1. The average Bonchev–Trinajstić information content (AvgIpc) is 2.82. The van der Waals surface area contributed by atoms with E-state index in [0.29, 0.717) is 0 Å². The Kier molecular flexibility index (Phi) is 5.41. The molecule has 0 aromatic rings. The van der Waals surface area contributed by atoms with Gasteiger partial charge in [-0.15, -0.1) is 0 Å². The highest BCUT2D eigenvalue weighted by Crippen LogP contribution is 2.18. The number of carbonyl (C=O) groups excluding carboxylic acids is 1. The molecule has 0 spiro atoms. The maximum absolute atomic E-state index is 12.2.